The molecule has 4 saturated carbocycles. The Balaban J connectivity index is 0.00000122. The number of carbonyl (C=O) groups excluding carboxylic acids is 1. The van der Waals surface area contributed by atoms with Crippen molar-refractivity contribution in [3.63, 3.8) is 0 Å². The van der Waals surface area contributed by atoms with Gasteiger partial charge in [-0.3, -0.25) is 0 Å². The summed E-state index contributed by atoms with van der Waals surface area (Å²) in [7, 11) is 0. The van der Waals surface area contributed by atoms with Gasteiger partial charge in [0.15, 0.2) is 0 Å². The van der Waals surface area contributed by atoms with Crippen LogP contribution in [0.1, 0.15) is 53.9 Å². The van der Waals surface area contributed by atoms with Crippen molar-refractivity contribution >= 4 is 12.1 Å². The number of rotatable bonds is 3. The van der Waals surface area contributed by atoms with Gasteiger partial charge in [-0.15, -0.1) is 0 Å². The molecule has 5 aliphatic rings. The fourth-order valence-corrected chi connectivity index (χ4v) is 16.8. The first-order valence-electron chi connectivity index (χ1n) is 11.7. The molecular weight excluding hydrogens is 489 g/mol. The third kappa shape index (κ3) is 3.86. The molecule has 0 aromatic heterocycles. The summed E-state index contributed by atoms with van der Waals surface area (Å²) >= 11 is -1.87. The number of carbonyl (C=O) groups is 1. The first-order valence-corrected chi connectivity index (χ1v) is 18.2. The molecule has 1 N–H and O–H groups in total. The second-order valence-electron chi connectivity index (χ2n) is 10.7. The van der Waals surface area contributed by atoms with Gasteiger partial charge in [0.05, 0.1) is 0 Å². The van der Waals surface area contributed by atoms with E-state index >= 15 is 0 Å². The quantitative estimate of drug-likeness (QED) is 0.563. The molecule has 0 radical (unpaired) electrons. The summed E-state index contributed by atoms with van der Waals surface area (Å²) in [5.74, 6) is 2.94. The maximum absolute atomic E-state index is 13.9. The molecule has 2 aromatic carbocycles. The van der Waals surface area contributed by atoms with Crippen LogP contribution in [0.5, 0.6) is 0 Å². The van der Waals surface area contributed by atoms with Gasteiger partial charge in [0, 0.05) is 0 Å². The van der Waals surface area contributed by atoms with E-state index in [9.17, 15) is 4.79 Å². The van der Waals surface area contributed by atoms with Crippen LogP contribution < -0.4 is 28.6 Å². The normalized spacial score (nSPS) is 28.5. The van der Waals surface area contributed by atoms with Gasteiger partial charge in [-0.25, -0.2) is 0 Å². The predicted octanol–water partition coefficient (Wildman–Crippen LogP) is -0.119. The minimum absolute atomic E-state index is 0. The fourth-order valence-electron chi connectivity index (χ4n) is 7.60. The van der Waals surface area contributed by atoms with Crippen molar-refractivity contribution in [2.24, 2.45) is 23.2 Å². The number of hydrogen-bond donors (Lipinski definition) is 1. The smallest absolute Gasteiger partial charge is 1.00 e. The van der Waals surface area contributed by atoms with Crippen molar-refractivity contribution in [1.82, 2.24) is 3.80 Å². The average Bonchev–Trinajstić information content (AvgIpc) is 3.05. The third-order valence-corrected chi connectivity index (χ3v) is 18.9. The second kappa shape index (κ2) is 9.23. The summed E-state index contributed by atoms with van der Waals surface area (Å²) in [6.07, 6.45) is 7.14. The molecule has 168 valence electrons. The van der Waals surface area contributed by atoms with Crippen LogP contribution in [-0.2, 0) is 21.7 Å². The molecule has 6 heteroatoms. The van der Waals surface area contributed by atoms with Gasteiger partial charge in [-0.05, 0) is 0 Å². The first kappa shape index (κ1) is 24.5. The summed E-state index contributed by atoms with van der Waals surface area (Å²) in [6.45, 7) is 4.90. The van der Waals surface area contributed by atoms with Crippen LogP contribution in [0, 0.1) is 23.2 Å². The molecule has 4 fully saturated rings. The van der Waals surface area contributed by atoms with E-state index in [0.717, 1.165) is 17.8 Å². The monoisotopic (exact) mass is 519 g/mol. The molecule has 2 aromatic rings. The van der Waals surface area contributed by atoms with Crippen LogP contribution in [0.3, 0.4) is 0 Å². The van der Waals surface area contributed by atoms with Gasteiger partial charge >= 0.3 is 187 Å². The zero-order valence-electron chi connectivity index (χ0n) is 18.8. The number of fused-ring (bicyclic) bond motifs is 3. The largest absolute Gasteiger partial charge is 1.00 e. The van der Waals surface area contributed by atoms with E-state index in [1.54, 1.807) is 0 Å². The summed E-state index contributed by atoms with van der Waals surface area (Å²) in [6, 6.07) is 17.9. The molecule has 0 aliphatic heterocycles. The van der Waals surface area contributed by atoms with E-state index in [0.29, 0.717) is 10.1 Å². The number of amides is 1. The predicted molar refractivity (Wildman–Crippen MR) is 120 cm³/mol. The molecule has 0 unspecified atom stereocenters. The summed E-state index contributed by atoms with van der Waals surface area (Å²) < 4.78 is 4.33. The number of nitrogens with one attached hydrogen (secondary N) is 1. The van der Waals surface area contributed by atoms with Gasteiger partial charge in [0.25, 0.3) is 0 Å². The van der Waals surface area contributed by atoms with Crippen LogP contribution in [0.25, 0.3) is 11.1 Å². The summed E-state index contributed by atoms with van der Waals surface area (Å²) in [5.41, 5.74) is 5.73. The van der Waals surface area contributed by atoms with Crippen molar-refractivity contribution in [3.05, 3.63) is 59.7 Å². The van der Waals surface area contributed by atoms with Gasteiger partial charge in [-0.1, -0.05) is 0 Å². The van der Waals surface area contributed by atoms with Crippen LogP contribution in [0.4, 0.5) is 0 Å². The van der Waals surface area contributed by atoms with E-state index in [4.69, 9.17) is 0 Å². The minimum Gasteiger partial charge on any atom is -1.00 e. The van der Waals surface area contributed by atoms with E-state index in [1.807, 2.05) is 0 Å². The molecule has 0 heterocycles. The standard InChI is InChI=1S/C13H9.C11H17NO.C2H6Si.2ClH.Ti/c1-3-7-12-10(5-1)9-11-6-2-4-8-13(11)12;12-10(13)11-4-7-1-8(5-11)3-9(2-7)6-11;1-3-2;;;/h1-9H;7-9H,1-6H2,(H2,12,13);1-2H3;2*1H;/q;;;;;+3/p-3. The summed E-state index contributed by atoms with van der Waals surface area (Å²) in [4.78, 5) is 13.9. The zero-order valence-corrected chi connectivity index (χ0v) is 22.9. The Kier molecular flexibility index (Phi) is 7.08. The van der Waals surface area contributed by atoms with Crippen LogP contribution in [-0.4, -0.2) is 12.1 Å². The average molecular weight is 520 g/mol. The Bertz CT molecular complexity index is 1000. The molecule has 7 rings (SSSR count). The van der Waals surface area contributed by atoms with E-state index in [-0.39, 0.29) is 30.2 Å². The second-order valence-corrected chi connectivity index (χ2v) is 22.2. The Morgan fingerprint density at radius 3 is 1.72 bits per heavy atom. The maximum atomic E-state index is 13.9. The fraction of sp³-hybridized carbons (Fsp3) is 0.500. The molecule has 4 bridgehead atoms. The molecular formula is C26H31Cl2NOSiTi. The van der Waals surface area contributed by atoms with Gasteiger partial charge in [0.2, 0.25) is 0 Å². The Morgan fingerprint density at radius 2 is 1.28 bits per heavy atom. The van der Waals surface area contributed by atoms with Crippen LogP contribution in [0.15, 0.2) is 48.5 Å². The summed E-state index contributed by atoms with van der Waals surface area (Å²) in [5, 5.41) is 0. The number of hydrogen-bond acceptors (Lipinski definition) is 1. The topological polar surface area (TPSA) is 29.1 Å². The molecule has 32 heavy (non-hydrogen) atoms. The zero-order chi connectivity index (χ0) is 20.5. The van der Waals surface area contributed by atoms with Crippen molar-refractivity contribution in [3.8, 4) is 11.1 Å². The number of benzene rings is 2. The Morgan fingerprint density at radius 1 is 0.844 bits per heavy atom. The molecule has 0 saturated heterocycles. The van der Waals surface area contributed by atoms with Crippen LogP contribution >= 0.6 is 0 Å². The molecule has 0 spiro atoms. The van der Waals surface area contributed by atoms with Gasteiger partial charge in [-0.2, -0.15) is 0 Å². The number of halogens is 2. The van der Waals surface area contributed by atoms with E-state index in [1.165, 1.54) is 60.8 Å². The van der Waals surface area contributed by atoms with Crippen molar-refractivity contribution in [1.29, 1.82) is 0 Å². The molecule has 1 amide bonds. The Labute approximate surface area is 211 Å². The van der Waals surface area contributed by atoms with E-state index < -0.39 is 23.0 Å². The van der Waals surface area contributed by atoms with Gasteiger partial charge < -0.3 is 24.8 Å². The molecule has 2 nitrogen and oxygen atoms in total. The van der Waals surface area contributed by atoms with Crippen molar-refractivity contribution in [2.75, 3.05) is 0 Å². The van der Waals surface area contributed by atoms with Gasteiger partial charge in [0.1, 0.15) is 0 Å². The van der Waals surface area contributed by atoms with Crippen molar-refractivity contribution < 1.29 is 46.5 Å². The Hall–Kier alpha value is -0.579. The SMILES string of the molecule is C[Si](C)=[Ti+2]([NH]C(=O)C12CC3CC(CC(C3)C1)C2)[CH]1c2ccccc2-c2ccccc21.[Cl-].[Cl-]. The van der Waals surface area contributed by atoms with Crippen LogP contribution in [0.2, 0.25) is 13.1 Å². The van der Waals surface area contributed by atoms with Crippen molar-refractivity contribution in [2.45, 2.75) is 55.8 Å². The minimum atomic E-state index is -1.87. The maximum Gasteiger partial charge on any atom is -1.00 e. The third-order valence-electron chi connectivity index (χ3n) is 8.43. The van der Waals surface area contributed by atoms with E-state index in [2.05, 4.69) is 65.4 Å². The first-order chi connectivity index (χ1) is 14.5. The molecule has 5 aliphatic carbocycles. The molecule has 0 atom stereocenters.